The Bertz CT molecular complexity index is 570. The van der Waals surface area contributed by atoms with E-state index >= 15 is 0 Å². The first-order chi connectivity index (χ1) is 10.8. The van der Waals surface area contributed by atoms with Gasteiger partial charge in [-0.1, -0.05) is 6.42 Å². The molecule has 6 heteroatoms. The van der Waals surface area contributed by atoms with Crippen molar-refractivity contribution in [3.8, 4) is 5.75 Å². The molecule has 0 radical (unpaired) electrons. The van der Waals surface area contributed by atoms with Gasteiger partial charge in [0.15, 0.2) is 0 Å². The predicted molar refractivity (Wildman–Crippen MR) is 79.0 cm³/mol. The normalized spacial score (nSPS) is 27.7. The number of halogens is 3. The molecule has 2 bridgehead atoms. The SMILES string of the molecule is C[C@@H](NC(=O)c1ccc(OC(F)(F)F)cc1)[C@H]1C[C@H]2CC[C@H]1C2. The maximum Gasteiger partial charge on any atom is 0.573 e. The van der Waals surface area contributed by atoms with E-state index in [-0.39, 0.29) is 17.7 Å². The maximum absolute atomic E-state index is 12.2. The molecule has 0 saturated heterocycles. The van der Waals surface area contributed by atoms with Crippen LogP contribution < -0.4 is 10.1 Å². The van der Waals surface area contributed by atoms with Gasteiger partial charge < -0.3 is 10.1 Å². The zero-order chi connectivity index (χ0) is 16.6. The van der Waals surface area contributed by atoms with Crippen LogP contribution in [0, 0.1) is 17.8 Å². The Morgan fingerprint density at radius 2 is 1.91 bits per heavy atom. The highest BCUT2D eigenvalue weighted by atomic mass is 19.4. The molecule has 1 aromatic rings. The average Bonchev–Trinajstić information content (AvgIpc) is 3.08. The molecule has 2 aliphatic rings. The fourth-order valence-electron chi connectivity index (χ4n) is 4.11. The van der Waals surface area contributed by atoms with Crippen molar-refractivity contribution in [1.82, 2.24) is 5.32 Å². The second-order valence-electron chi connectivity index (χ2n) is 6.67. The molecule has 126 valence electrons. The monoisotopic (exact) mass is 327 g/mol. The van der Waals surface area contributed by atoms with Gasteiger partial charge in [-0.3, -0.25) is 4.79 Å². The summed E-state index contributed by atoms with van der Waals surface area (Å²) in [6.07, 6.45) is 0.278. The lowest BCUT2D eigenvalue weighted by Gasteiger charge is -2.28. The second kappa shape index (κ2) is 6.06. The fraction of sp³-hybridized carbons (Fsp3) is 0.588. The van der Waals surface area contributed by atoms with Gasteiger partial charge in [0, 0.05) is 11.6 Å². The number of amides is 1. The van der Waals surface area contributed by atoms with E-state index in [4.69, 9.17) is 0 Å². The Morgan fingerprint density at radius 1 is 1.22 bits per heavy atom. The highest BCUT2D eigenvalue weighted by molar-refractivity contribution is 5.94. The van der Waals surface area contributed by atoms with Gasteiger partial charge in [-0.05, 0) is 68.2 Å². The lowest BCUT2D eigenvalue weighted by atomic mass is 9.84. The molecule has 0 aromatic heterocycles. The number of ether oxygens (including phenoxy) is 1. The highest BCUT2D eigenvalue weighted by Crippen LogP contribution is 2.49. The van der Waals surface area contributed by atoms with Gasteiger partial charge >= 0.3 is 6.36 Å². The summed E-state index contributed by atoms with van der Waals surface area (Å²) >= 11 is 0. The first-order valence-electron chi connectivity index (χ1n) is 7.98. The smallest absolute Gasteiger partial charge is 0.406 e. The second-order valence-corrected chi connectivity index (χ2v) is 6.67. The van der Waals surface area contributed by atoms with Gasteiger partial charge in [-0.15, -0.1) is 13.2 Å². The molecule has 3 nitrogen and oxygen atoms in total. The van der Waals surface area contributed by atoms with Crippen molar-refractivity contribution >= 4 is 5.91 Å². The van der Waals surface area contributed by atoms with Crippen molar-refractivity contribution < 1.29 is 22.7 Å². The number of carbonyl (C=O) groups is 1. The van der Waals surface area contributed by atoms with Crippen LogP contribution in [0.15, 0.2) is 24.3 Å². The minimum atomic E-state index is -4.72. The Balaban J connectivity index is 1.57. The Hall–Kier alpha value is -1.72. The van der Waals surface area contributed by atoms with Crippen molar-refractivity contribution in [1.29, 1.82) is 0 Å². The van der Waals surface area contributed by atoms with E-state index in [1.165, 1.54) is 37.8 Å². The van der Waals surface area contributed by atoms with E-state index < -0.39 is 6.36 Å². The number of carbonyl (C=O) groups excluding carboxylic acids is 1. The highest BCUT2D eigenvalue weighted by Gasteiger charge is 2.42. The molecule has 1 aromatic carbocycles. The molecule has 0 spiro atoms. The summed E-state index contributed by atoms with van der Waals surface area (Å²) in [7, 11) is 0. The van der Waals surface area contributed by atoms with Crippen molar-refractivity contribution in [2.45, 2.75) is 45.0 Å². The van der Waals surface area contributed by atoms with Crippen LogP contribution in [0.25, 0.3) is 0 Å². The molecule has 3 rings (SSSR count). The molecule has 23 heavy (non-hydrogen) atoms. The summed E-state index contributed by atoms with van der Waals surface area (Å²) in [5, 5.41) is 2.99. The Labute approximate surface area is 133 Å². The summed E-state index contributed by atoms with van der Waals surface area (Å²) in [6.45, 7) is 2.02. The third-order valence-corrected chi connectivity index (χ3v) is 5.14. The van der Waals surface area contributed by atoms with E-state index in [1.54, 1.807) is 0 Å². The molecule has 1 N–H and O–H groups in total. The topological polar surface area (TPSA) is 38.3 Å². The largest absolute Gasteiger partial charge is 0.573 e. The molecule has 2 saturated carbocycles. The molecule has 0 heterocycles. The van der Waals surface area contributed by atoms with Crippen molar-refractivity contribution in [2.75, 3.05) is 0 Å². The lowest BCUT2D eigenvalue weighted by molar-refractivity contribution is -0.274. The maximum atomic E-state index is 12.2. The molecular weight excluding hydrogens is 307 g/mol. The van der Waals surface area contributed by atoms with Gasteiger partial charge in [-0.25, -0.2) is 0 Å². The minimum absolute atomic E-state index is 0.0869. The number of rotatable bonds is 4. The molecule has 2 fully saturated rings. The predicted octanol–water partition coefficient (Wildman–Crippen LogP) is 4.14. The molecule has 0 unspecified atom stereocenters. The quantitative estimate of drug-likeness (QED) is 0.902. The van der Waals surface area contributed by atoms with Crippen molar-refractivity contribution in [2.24, 2.45) is 17.8 Å². The number of nitrogens with one attached hydrogen (secondary N) is 1. The van der Waals surface area contributed by atoms with Crippen LogP contribution in [0.4, 0.5) is 13.2 Å². The lowest BCUT2D eigenvalue weighted by Crippen LogP contribution is -2.40. The van der Waals surface area contributed by atoms with E-state index in [2.05, 4.69) is 10.1 Å². The molecule has 0 aliphatic heterocycles. The standard InChI is InChI=1S/C17H20F3NO2/c1-10(15-9-11-2-3-13(15)8-11)21-16(22)12-4-6-14(7-5-12)23-17(18,19)20/h4-7,10-11,13,15H,2-3,8-9H2,1H3,(H,21,22)/t10-,11+,13+,15-/m1/s1. The molecule has 2 aliphatic carbocycles. The first-order valence-corrected chi connectivity index (χ1v) is 7.98. The fourth-order valence-corrected chi connectivity index (χ4v) is 4.11. The molecule has 1 amide bonds. The summed E-state index contributed by atoms with van der Waals surface area (Å²) < 4.78 is 40.2. The van der Waals surface area contributed by atoms with Crippen LogP contribution in [0.2, 0.25) is 0 Å². The van der Waals surface area contributed by atoms with E-state index in [0.29, 0.717) is 17.4 Å². The number of alkyl halides is 3. The van der Waals surface area contributed by atoms with Crippen molar-refractivity contribution in [3.05, 3.63) is 29.8 Å². The summed E-state index contributed by atoms with van der Waals surface area (Å²) in [6, 6.07) is 5.10. The van der Waals surface area contributed by atoms with Gasteiger partial charge in [-0.2, -0.15) is 0 Å². The van der Waals surface area contributed by atoms with Crippen LogP contribution in [-0.2, 0) is 0 Å². The number of fused-ring (bicyclic) bond motifs is 2. The zero-order valence-electron chi connectivity index (χ0n) is 12.9. The van der Waals surface area contributed by atoms with Crippen LogP contribution in [0.1, 0.15) is 43.0 Å². The Morgan fingerprint density at radius 3 is 2.43 bits per heavy atom. The molecular formula is C17H20F3NO2. The molecule has 4 atom stereocenters. The summed E-state index contributed by atoms with van der Waals surface area (Å²) in [4.78, 5) is 12.2. The van der Waals surface area contributed by atoms with E-state index in [1.807, 2.05) is 6.92 Å². The number of hydrogen-bond acceptors (Lipinski definition) is 2. The van der Waals surface area contributed by atoms with Gasteiger partial charge in [0.2, 0.25) is 0 Å². The van der Waals surface area contributed by atoms with Crippen LogP contribution in [0.3, 0.4) is 0 Å². The van der Waals surface area contributed by atoms with Gasteiger partial charge in [0.25, 0.3) is 5.91 Å². The minimum Gasteiger partial charge on any atom is -0.406 e. The average molecular weight is 327 g/mol. The summed E-state index contributed by atoms with van der Waals surface area (Å²) in [5.74, 6) is 1.46. The number of benzene rings is 1. The van der Waals surface area contributed by atoms with Crippen LogP contribution in [-0.4, -0.2) is 18.3 Å². The zero-order valence-corrected chi connectivity index (χ0v) is 12.9. The van der Waals surface area contributed by atoms with Crippen molar-refractivity contribution in [3.63, 3.8) is 0 Å². The third-order valence-electron chi connectivity index (χ3n) is 5.14. The third kappa shape index (κ3) is 3.79. The van der Waals surface area contributed by atoms with Crippen LogP contribution >= 0.6 is 0 Å². The Kier molecular flexibility index (Phi) is 4.25. The van der Waals surface area contributed by atoms with Gasteiger partial charge in [0.1, 0.15) is 5.75 Å². The van der Waals surface area contributed by atoms with E-state index in [9.17, 15) is 18.0 Å². The van der Waals surface area contributed by atoms with Gasteiger partial charge in [0.05, 0.1) is 0 Å². The number of hydrogen-bond donors (Lipinski definition) is 1. The first kappa shape index (κ1) is 16.1. The summed E-state index contributed by atoms with van der Waals surface area (Å²) in [5.41, 5.74) is 0.342. The van der Waals surface area contributed by atoms with E-state index in [0.717, 1.165) is 18.1 Å². The van der Waals surface area contributed by atoms with Crippen LogP contribution in [0.5, 0.6) is 5.75 Å².